The van der Waals surface area contributed by atoms with Gasteiger partial charge in [-0.1, -0.05) is 38.1 Å². The second-order valence-electron chi connectivity index (χ2n) is 12.3. The van der Waals surface area contributed by atoms with Gasteiger partial charge in [0.05, 0.1) is 6.04 Å². The molecule has 6 rings (SSSR count). The van der Waals surface area contributed by atoms with Crippen molar-refractivity contribution in [1.29, 1.82) is 0 Å². The van der Waals surface area contributed by atoms with Gasteiger partial charge in [0.25, 0.3) is 0 Å². The molecule has 0 spiro atoms. The highest BCUT2D eigenvalue weighted by Gasteiger charge is 2.60. The molecule has 1 aromatic heterocycles. The van der Waals surface area contributed by atoms with Crippen LogP contribution in [0.15, 0.2) is 53.9 Å². The van der Waals surface area contributed by atoms with Gasteiger partial charge in [-0.2, -0.15) is 0 Å². The topological polar surface area (TPSA) is 58.2 Å². The number of hydrogen-bond acceptors (Lipinski definition) is 3. The van der Waals surface area contributed by atoms with Crippen molar-refractivity contribution in [2.45, 2.75) is 70.9 Å². The second-order valence-corrected chi connectivity index (χ2v) is 13.3. The van der Waals surface area contributed by atoms with E-state index in [-0.39, 0.29) is 46.5 Å². The predicted molar refractivity (Wildman–Crippen MR) is 144 cm³/mol. The normalized spacial score (nSPS) is 37.2. The van der Waals surface area contributed by atoms with Crippen LogP contribution in [0.4, 0.5) is 4.39 Å². The molecule has 3 fully saturated rings. The molecule has 8 atom stereocenters. The third kappa shape index (κ3) is 4.25. The first-order chi connectivity index (χ1) is 17.8. The molecule has 4 nitrogen and oxygen atoms in total. The van der Waals surface area contributed by atoms with Gasteiger partial charge in [-0.25, -0.2) is 4.39 Å². The quantitative estimate of drug-likeness (QED) is 0.493. The maximum atomic E-state index is 13.9. The summed E-state index contributed by atoms with van der Waals surface area (Å²) in [6, 6.07) is 10.8. The Morgan fingerprint density at radius 2 is 1.92 bits per heavy atom. The molecule has 196 valence electrons. The molecule has 2 N–H and O–H groups in total. The summed E-state index contributed by atoms with van der Waals surface area (Å²) in [5.41, 5.74) is 1.04. The summed E-state index contributed by atoms with van der Waals surface area (Å²) < 4.78 is 13.5. The third-order valence-corrected chi connectivity index (χ3v) is 11.5. The molecule has 3 aliphatic carbocycles. The Morgan fingerprint density at radius 1 is 1.11 bits per heavy atom. The van der Waals surface area contributed by atoms with E-state index in [0.717, 1.165) is 49.0 Å². The van der Waals surface area contributed by atoms with Crippen LogP contribution in [0.2, 0.25) is 0 Å². The van der Waals surface area contributed by atoms with Crippen molar-refractivity contribution >= 4 is 23.2 Å². The minimum atomic E-state index is -0.241. The van der Waals surface area contributed by atoms with Crippen LogP contribution in [-0.2, 0) is 16.0 Å². The molecular formula is C31H37FN2O2S. The van der Waals surface area contributed by atoms with E-state index in [2.05, 4.69) is 36.6 Å². The number of hydrogen-bond donors (Lipinski definition) is 2. The smallest absolute Gasteiger partial charge is 0.243 e. The average molecular weight is 521 g/mol. The molecule has 1 aliphatic heterocycles. The number of fused-ring (bicyclic) bond motifs is 5. The summed E-state index contributed by atoms with van der Waals surface area (Å²) in [4.78, 5) is 27.1. The molecule has 1 unspecified atom stereocenters. The van der Waals surface area contributed by atoms with Crippen molar-refractivity contribution < 1.29 is 14.0 Å². The van der Waals surface area contributed by atoms with E-state index in [1.165, 1.54) is 12.1 Å². The number of halogens is 1. The fourth-order valence-electron chi connectivity index (χ4n) is 8.60. The van der Waals surface area contributed by atoms with Crippen molar-refractivity contribution in [3.63, 3.8) is 0 Å². The monoisotopic (exact) mass is 520 g/mol. The molecule has 2 aromatic rings. The number of rotatable bonds is 5. The average Bonchev–Trinajstić information content (AvgIpc) is 3.53. The predicted octanol–water partition coefficient (Wildman–Crippen LogP) is 6.20. The molecule has 37 heavy (non-hydrogen) atoms. The van der Waals surface area contributed by atoms with E-state index < -0.39 is 0 Å². The molecule has 2 heterocycles. The largest absolute Gasteiger partial charge is 0.349 e. The first kappa shape index (κ1) is 24.8. The zero-order chi connectivity index (χ0) is 25.8. The first-order valence-corrected chi connectivity index (χ1v) is 14.7. The van der Waals surface area contributed by atoms with Gasteiger partial charge < -0.3 is 10.6 Å². The molecule has 2 amide bonds. The van der Waals surface area contributed by atoms with Crippen LogP contribution >= 0.6 is 11.3 Å². The van der Waals surface area contributed by atoms with Crippen LogP contribution in [-0.4, -0.2) is 17.9 Å². The van der Waals surface area contributed by atoms with Crippen LogP contribution in [0, 0.1) is 40.3 Å². The van der Waals surface area contributed by atoms with Gasteiger partial charge in [-0.3, -0.25) is 9.59 Å². The Morgan fingerprint density at radius 3 is 2.68 bits per heavy atom. The molecule has 0 saturated heterocycles. The maximum absolute atomic E-state index is 13.9. The summed E-state index contributed by atoms with van der Waals surface area (Å²) >= 11 is 1.66. The van der Waals surface area contributed by atoms with Gasteiger partial charge in [-0.05, 0) is 103 Å². The zero-order valence-electron chi connectivity index (χ0n) is 21.7. The molecule has 1 aromatic carbocycles. The Bertz CT molecular complexity index is 1190. The summed E-state index contributed by atoms with van der Waals surface area (Å²) in [6.07, 6.45) is 11.0. The number of nitrogens with one attached hydrogen (secondary N) is 2. The maximum Gasteiger partial charge on any atom is 0.243 e. The Hall–Kier alpha value is -2.47. The molecule has 0 bridgehead atoms. The molecule has 4 aliphatic rings. The third-order valence-electron chi connectivity index (χ3n) is 10.6. The minimum Gasteiger partial charge on any atom is -0.349 e. The van der Waals surface area contributed by atoms with E-state index in [4.69, 9.17) is 0 Å². The number of amides is 2. The van der Waals surface area contributed by atoms with Gasteiger partial charge in [0, 0.05) is 22.3 Å². The number of carbonyl (C=O) groups is 2. The second kappa shape index (κ2) is 9.37. The van der Waals surface area contributed by atoms with Crippen molar-refractivity contribution in [2.24, 2.45) is 34.5 Å². The van der Waals surface area contributed by atoms with Crippen LogP contribution < -0.4 is 10.6 Å². The van der Waals surface area contributed by atoms with Crippen molar-refractivity contribution in [1.82, 2.24) is 10.6 Å². The highest BCUT2D eigenvalue weighted by Crippen LogP contribution is 2.65. The van der Waals surface area contributed by atoms with Gasteiger partial charge in [0.1, 0.15) is 5.82 Å². The van der Waals surface area contributed by atoms with Gasteiger partial charge in [0.2, 0.25) is 11.8 Å². The SMILES string of the molecule is C[C@]12C=CC(=O)N[C@@H]1CC[C@@H]1[C@@H]2CC[C@]2(C)[C@@H](C(=O)NC(Cc3ccc(F)cc3)c3cccs3)CC[C@@H]12. The van der Waals surface area contributed by atoms with Crippen molar-refractivity contribution in [3.05, 3.63) is 70.2 Å². The molecular weight excluding hydrogens is 483 g/mol. The van der Waals surface area contributed by atoms with Gasteiger partial charge in [0.15, 0.2) is 0 Å². The van der Waals surface area contributed by atoms with Crippen LogP contribution in [0.5, 0.6) is 0 Å². The highest BCUT2D eigenvalue weighted by atomic mass is 32.1. The van der Waals surface area contributed by atoms with E-state index in [9.17, 15) is 14.0 Å². The van der Waals surface area contributed by atoms with Crippen molar-refractivity contribution in [2.75, 3.05) is 0 Å². The van der Waals surface area contributed by atoms with Crippen LogP contribution in [0.1, 0.15) is 68.9 Å². The Labute approximate surface area is 223 Å². The van der Waals surface area contributed by atoms with Gasteiger partial charge >= 0.3 is 0 Å². The van der Waals surface area contributed by atoms with Crippen molar-refractivity contribution in [3.8, 4) is 0 Å². The lowest BCUT2D eigenvalue weighted by Gasteiger charge is -2.58. The minimum absolute atomic E-state index is 0.00590. The van der Waals surface area contributed by atoms with E-state index in [1.807, 2.05) is 23.6 Å². The molecule has 3 saturated carbocycles. The van der Waals surface area contributed by atoms with Gasteiger partial charge in [-0.15, -0.1) is 11.3 Å². The van der Waals surface area contributed by atoms with Crippen LogP contribution in [0.25, 0.3) is 0 Å². The summed E-state index contributed by atoms with van der Waals surface area (Å²) in [5.74, 6) is 1.69. The van der Waals surface area contributed by atoms with E-state index in [1.54, 1.807) is 17.4 Å². The van der Waals surface area contributed by atoms with E-state index in [0.29, 0.717) is 24.2 Å². The fraction of sp³-hybridized carbons (Fsp3) is 0.548. The zero-order valence-corrected chi connectivity index (χ0v) is 22.5. The summed E-state index contributed by atoms with van der Waals surface area (Å²) in [5, 5.41) is 8.72. The molecule has 6 heteroatoms. The standard InChI is InChI=1S/C31H37FN2O2S/c1-30-15-13-23-21(9-12-27-31(23,2)16-14-28(35)34-27)22(30)10-11-24(30)29(36)33-25(26-4-3-17-37-26)18-19-5-7-20(32)8-6-19/h3-8,14,16-17,21-25,27H,9-13,15,18H2,1-2H3,(H,33,36)(H,34,35)/t21-,22-,23-,24+,25?,27+,30-,31+/m0/s1. The summed E-state index contributed by atoms with van der Waals surface area (Å²) in [7, 11) is 0. The highest BCUT2D eigenvalue weighted by molar-refractivity contribution is 7.10. The fourth-order valence-corrected chi connectivity index (χ4v) is 9.38. The van der Waals surface area contributed by atoms with E-state index >= 15 is 0 Å². The lowest BCUT2D eigenvalue weighted by molar-refractivity contribution is -0.134. The lowest BCUT2D eigenvalue weighted by Crippen LogP contribution is -2.59. The number of carbonyl (C=O) groups excluding carboxylic acids is 2. The Balaban J connectivity index is 1.20. The summed E-state index contributed by atoms with van der Waals surface area (Å²) in [6.45, 7) is 4.71. The number of benzene rings is 1. The van der Waals surface area contributed by atoms with Crippen LogP contribution in [0.3, 0.4) is 0 Å². The number of thiophene rings is 1. The first-order valence-electron chi connectivity index (χ1n) is 13.9. The Kier molecular flexibility index (Phi) is 6.29. The molecule has 0 radical (unpaired) electrons. The lowest BCUT2D eigenvalue weighted by atomic mass is 9.48.